The molecule has 8 heteroatoms. The van der Waals surface area contributed by atoms with Gasteiger partial charge in [0.05, 0.1) is 11.4 Å². The van der Waals surface area contributed by atoms with Gasteiger partial charge in [0.25, 0.3) is 0 Å². The van der Waals surface area contributed by atoms with Gasteiger partial charge in [-0.15, -0.1) is 20.4 Å². The minimum absolute atomic E-state index is 0.748. The van der Waals surface area contributed by atoms with Crippen molar-refractivity contribution in [3.05, 3.63) is 71.6 Å². The van der Waals surface area contributed by atoms with Gasteiger partial charge in [-0.25, -0.2) is 0 Å². The van der Waals surface area contributed by atoms with E-state index < -0.39 is 0 Å². The molecule has 4 aromatic heterocycles. The summed E-state index contributed by atoms with van der Waals surface area (Å²) in [5, 5.41) is 31.1. The van der Waals surface area contributed by atoms with Crippen LogP contribution in [0.5, 0.6) is 0 Å². The molecule has 0 saturated carbocycles. The van der Waals surface area contributed by atoms with Gasteiger partial charge in [-0.2, -0.15) is 19.2 Å². The second kappa shape index (κ2) is 6.28. The molecule has 0 radical (unpaired) electrons. The predicted molar refractivity (Wildman–Crippen MR) is 113 cm³/mol. The first-order chi connectivity index (χ1) is 14.7. The summed E-state index contributed by atoms with van der Waals surface area (Å²) < 4.78 is 3.66. The molecule has 6 aromatic rings. The molecule has 4 heterocycles. The van der Waals surface area contributed by atoms with Crippen LogP contribution in [0.1, 0.15) is 23.0 Å². The summed E-state index contributed by atoms with van der Waals surface area (Å²) in [6.45, 7) is 3.84. The van der Waals surface area contributed by atoms with Crippen LogP contribution in [0.4, 0.5) is 0 Å². The summed E-state index contributed by atoms with van der Waals surface area (Å²) in [7, 11) is 0. The summed E-state index contributed by atoms with van der Waals surface area (Å²) in [6.07, 6.45) is 1.50. The smallest absolute Gasteiger partial charge is 0.185 e. The summed E-state index contributed by atoms with van der Waals surface area (Å²) in [5.74, 6) is 1.56. The molecule has 0 aliphatic heterocycles. The lowest BCUT2D eigenvalue weighted by Gasteiger charge is -2.10. The van der Waals surface area contributed by atoms with E-state index in [1.165, 1.54) is 0 Å². The molecule has 0 aliphatic carbocycles. The van der Waals surface area contributed by atoms with Gasteiger partial charge < -0.3 is 0 Å². The predicted octanol–water partition coefficient (Wildman–Crippen LogP) is 3.27. The van der Waals surface area contributed by atoms with Gasteiger partial charge in [-0.05, 0) is 26.7 Å². The number of fused-ring (bicyclic) bond motifs is 6. The number of hydrogen-bond donors (Lipinski definition) is 0. The topological polar surface area (TPSA) is 86.2 Å². The van der Waals surface area contributed by atoms with Gasteiger partial charge in [-0.3, -0.25) is 0 Å². The van der Waals surface area contributed by atoms with E-state index in [2.05, 4.69) is 44.7 Å². The molecule has 0 aliphatic rings. The second-order valence-corrected chi connectivity index (χ2v) is 7.45. The monoisotopic (exact) mass is 394 g/mol. The molecule has 0 spiro atoms. The lowest BCUT2D eigenvalue weighted by atomic mass is 10.0. The Hall–Kier alpha value is -3.94. The minimum atomic E-state index is 0.748. The first-order valence-electron chi connectivity index (χ1n) is 9.90. The summed E-state index contributed by atoms with van der Waals surface area (Å²) >= 11 is 0. The Morgan fingerprint density at radius 3 is 1.40 bits per heavy atom. The van der Waals surface area contributed by atoms with Crippen LogP contribution in [-0.2, 0) is 12.8 Å². The Bertz CT molecular complexity index is 1460. The Morgan fingerprint density at radius 1 is 0.567 bits per heavy atom. The van der Waals surface area contributed by atoms with Crippen molar-refractivity contribution >= 4 is 32.8 Å². The van der Waals surface area contributed by atoms with E-state index >= 15 is 0 Å². The van der Waals surface area contributed by atoms with Gasteiger partial charge in [0.1, 0.15) is 0 Å². The third kappa shape index (κ3) is 2.40. The Morgan fingerprint density at radius 2 is 0.967 bits per heavy atom. The first-order valence-corrected chi connectivity index (χ1v) is 9.90. The van der Waals surface area contributed by atoms with Crippen LogP contribution in [0.15, 0.2) is 48.5 Å². The van der Waals surface area contributed by atoms with Gasteiger partial charge >= 0.3 is 0 Å². The molecular weight excluding hydrogens is 376 g/mol. The van der Waals surface area contributed by atoms with E-state index in [9.17, 15) is 0 Å². The van der Waals surface area contributed by atoms with E-state index in [1.807, 2.05) is 47.1 Å². The molecule has 0 atom stereocenters. The average Bonchev–Trinajstić information content (AvgIpc) is 3.35. The van der Waals surface area contributed by atoms with Crippen LogP contribution in [-0.4, -0.2) is 39.6 Å². The molecule has 146 valence electrons. The molecule has 0 unspecified atom stereocenters. The normalized spacial score (nSPS) is 11.9. The van der Waals surface area contributed by atoms with Crippen molar-refractivity contribution < 1.29 is 0 Å². The SMILES string of the molecule is Cc1nnc2c3ccccc3c(CCc3nn4c(C)nnc4c4ccccc34)nn12. The Kier molecular flexibility index (Phi) is 3.55. The number of rotatable bonds is 3. The van der Waals surface area contributed by atoms with Crippen LogP contribution in [0.2, 0.25) is 0 Å². The summed E-state index contributed by atoms with van der Waals surface area (Å²) in [6, 6.07) is 16.5. The van der Waals surface area contributed by atoms with Crippen molar-refractivity contribution in [3.63, 3.8) is 0 Å². The summed E-state index contributed by atoms with van der Waals surface area (Å²) in [5.41, 5.74) is 3.59. The van der Waals surface area contributed by atoms with E-state index in [0.29, 0.717) is 0 Å². The van der Waals surface area contributed by atoms with Crippen LogP contribution < -0.4 is 0 Å². The lowest BCUT2D eigenvalue weighted by molar-refractivity contribution is 0.777. The van der Waals surface area contributed by atoms with Crippen LogP contribution >= 0.6 is 0 Å². The number of nitrogens with zero attached hydrogens (tertiary/aromatic N) is 8. The average molecular weight is 394 g/mol. The van der Waals surface area contributed by atoms with Crippen LogP contribution in [0, 0.1) is 13.8 Å². The lowest BCUT2D eigenvalue weighted by Crippen LogP contribution is -2.07. The molecular formula is C22H18N8. The summed E-state index contributed by atoms with van der Waals surface area (Å²) in [4.78, 5) is 0. The maximum atomic E-state index is 4.86. The van der Waals surface area contributed by atoms with Crippen molar-refractivity contribution in [1.29, 1.82) is 0 Å². The highest BCUT2D eigenvalue weighted by atomic mass is 15.4. The number of aryl methyl sites for hydroxylation is 4. The fourth-order valence-electron chi connectivity index (χ4n) is 4.11. The maximum absolute atomic E-state index is 4.86. The maximum Gasteiger partial charge on any atom is 0.185 e. The van der Waals surface area contributed by atoms with E-state index in [4.69, 9.17) is 10.2 Å². The minimum Gasteiger partial charge on any atom is -0.197 e. The second-order valence-electron chi connectivity index (χ2n) is 7.45. The molecule has 0 saturated heterocycles. The van der Waals surface area contributed by atoms with Crippen molar-refractivity contribution in [2.24, 2.45) is 0 Å². The largest absolute Gasteiger partial charge is 0.197 e. The highest BCUT2D eigenvalue weighted by molar-refractivity contribution is 5.96. The fourth-order valence-corrected chi connectivity index (χ4v) is 4.11. The molecule has 2 aromatic carbocycles. The molecule has 8 nitrogen and oxygen atoms in total. The van der Waals surface area contributed by atoms with Gasteiger partial charge in [0.2, 0.25) is 0 Å². The van der Waals surface area contributed by atoms with Gasteiger partial charge in [0.15, 0.2) is 22.9 Å². The van der Waals surface area contributed by atoms with E-state index in [-0.39, 0.29) is 0 Å². The zero-order valence-corrected chi connectivity index (χ0v) is 16.6. The highest BCUT2D eigenvalue weighted by Gasteiger charge is 2.15. The van der Waals surface area contributed by atoms with Gasteiger partial charge in [-0.1, -0.05) is 48.5 Å². The number of hydrogen-bond acceptors (Lipinski definition) is 6. The van der Waals surface area contributed by atoms with E-state index in [0.717, 1.165) is 68.7 Å². The van der Waals surface area contributed by atoms with Crippen molar-refractivity contribution in [2.75, 3.05) is 0 Å². The number of aromatic nitrogens is 8. The quantitative estimate of drug-likeness (QED) is 0.458. The molecule has 0 amide bonds. The van der Waals surface area contributed by atoms with Crippen molar-refractivity contribution in [2.45, 2.75) is 26.7 Å². The van der Waals surface area contributed by atoms with Crippen molar-refractivity contribution in [3.8, 4) is 0 Å². The molecule has 6 rings (SSSR count). The number of benzene rings is 2. The standard InChI is InChI=1S/C22H18N8/c1-13-23-25-21-17-9-5-3-7-15(17)19(27-29(13)21)11-12-20-16-8-4-6-10-18(16)22-26-24-14(2)30(22)28-20/h3-10H,11-12H2,1-2H3. The molecule has 0 fully saturated rings. The third-order valence-corrected chi connectivity index (χ3v) is 5.59. The first kappa shape index (κ1) is 17.0. The third-order valence-electron chi connectivity index (χ3n) is 5.59. The molecule has 0 N–H and O–H groups in total. The zero-order valence-electron chi connectivity index (χ0n) is 16.6. The van der Waals surface area contributed by atoms with Crippen LogP contribution in [0.3, 0.4) is 0 Å². The van der Waals surface area contributed by atoms with Crippen LogP contribution in [0.25, 0.3) is 32.8 Å². The van der Waals surface area contributed by atoms with Gasteiger partial charge in [0, 0.05) is 21.5 Å². The Labute approximate surface area is 171 Å². The zero-order chi connectivity index (χ0) is 20.2. The van der Waals surface area contributed by atoms with Crippen molar-refractivity contribution in [1.82, 2.24) is 39.6 Å². The molecule has 30 heavy (non-hydrogen) atoms. The fraction of sp³-hybridized carbons (Fsp3) is 0.182. The Balaban J connectivity index is 1.51. The molecule has 0 bridgehead atoms. The van der Waals surface area contributed by atoms with E-state index in [1.54, 1.807) is 0 Å². The highest BCUT2D eigenvalue weighted by Crippen LogP contribution is 2.25.